The highest BCUT2D eigenvalue weighted by Crippen LogP contribution is 2.34. The fraction of sp³-hybridized carbons (Fsp3) is 0.714. The quantitative estimate of drug-likeness (QED) is 0.875. The van der Waals surface area contributed by atoms with Crippen LogP contribution in [-0.2, 0) is 6.54 Å². The molecule has 1 heterocycles. The van der Waals surface area contributed by atoms with E-state index in [9.17, 15) is 4.79 Å². The Morgan fingerprint density at radius 2 is 2.16 bits per heavy atom. The van der Waals surface area contributed by atoms with Gasteiger partial charge < -0.3 is 11.1 Å². The summed E-state index contributed by atoms with van der Waals surface area (Å²) in [5.41, 5.74) is 6.85. The third kappa shape index (κ3) is 3.28. The Morgan fingerprint density at radius 1 is 1.47 bits per heavy atom. The van der Waals surface area contributed by atoms with E-state index in [4.69, 9.17) is 5.73 Å². The van der Waals surface area contributed by atoms with Gasteiger partial charge in [0.2, 0.25) is 0 Å². The van der Waals surface area contributed by atoms with Crippen LogP contribution in [0.2, 0.25) is 0 Å². The van der Waals surface area contributed by atoms with Gasteiger partial charge in [0.05, 0.1) is 5.69 Å². The fourth-order valence-electron chi connectivity index (χ4n) is 2.73. The van der Waals surface area contributed by atoms with Crippen molar-refractivity contribution in [2.75, 3.05) is 12.3 Å². The second-order valence-corrected chi connectivity index (χ2v) is 5.84. The number of nitrogens with two attached hydrogens (primary N) is 1. The number of aryl methyl sites for hydroxylation is 1. The van der Waals surface area contributed by atoms with E-state index in [-0.39, 0.29) is 11.3 Å². The van der Waals surface area contributed by atoms with Crippen molar-refractivity contribution in [3.05, 3.63) is 11.9 Å². The number of anilines is 1. The molecule has 19 heavy (non-hydrogen) atoms. The number of hydrogen-bond acceptors (Lipinski definition) is 3. The molecule has 0 aromatic carbocycles. The molecule has 0 bridgehead atoms. The van der Waals surface area contributed by atoms with Gasteiger partial charge in [-0.2, -0.15) is 5.10 Å². The largest absolute Gasteiger partial charge is 0.396 e. The van der Waals surface area contributed by atoms with Crippen molar-refractivity contribution in [1.82, 2.24) is 15.1 Å². The van der Waals surface area contributed by atoms with E-state index in [0.717, 1.165) is 6.54 Å². The molecule has 1 amide bonds. The molecule has 5 heteroatoms. The summed E-state index contributed by atoms with van der Waals surface area (Å²) in [7, 11) is 0. The van der Waals surface area contributed by atoms with Crippen LogP contribution < -0.4 is 11.1 Å². The maximum Gasteiger partial charge on any atom is 0.273 e. The standard InChI is InChI=1S/C14H24N4O/c1-3-18-9-11(15)12(17-18)13(19)16-10-14(2)7-5-4-6-8-14/h9H,3-8,10,15H2,1-2H3,(H,16,19). The Labute approximate surface area is 114 Å². The van der Waals surface area contributed by atoms with Crippen molar-refractivity contribution in [2.24, 2.45) is 5.41 Å². The van der Waals surface area contributed by atoms with Gasteiger partial charge in [0, 0.05) is 19.3 Å². The van der Waals surface area contributed by atoms with Gasteiger partial charge in [-0.3, -0.25) is 9.48 Å². The summed E-state index contributed by atoms with van der Waals surface area (Å²) >= 11 is 0. The van der Waals surface area contributed by atoms with Crippen LogP contribution in [-0.4, -0.2) is 22.2 Å². The summed E-state index contributed by atoms with van der Waals surface area (Å²) in [6, 6.07) is 0. The first-order valence-corrected chi connectivity index (χ1v) is 7.15. The lowest BCUT2D eigenvalue weighted by Gasteiger charge is -2.33. The zero-order chi connectivity index (χ0) is 13.9. The smallest absolute Gasteiger partial charge is 0.273 e. The Hall–Kier alpha value is -1.52. The van der Waals surface area contributed by atoms with E-state index in [2.05, 4.69) is 17.3 Å². The van der Waals surface area contributed by atoms with Crippen LogP contribution in [0.15, 0.2) is 6.20 Å². The first-order valence-electron chi connectivity index (χ1n) is 7.15. The SMILES string of the molecule is CCn1cc(N)c(C(=O)NCC2(C)CCCCC2)n1. The number of nitrogens with zero attached hydrogens (tertiary/aromatic N) is 2. The number of rotatable bonds is 4. The second kappa shape index (κ2) is 5.63. The van der Waals surface area contributed by atoms with Crippen LogP contribution in [0.3, 0.4) is 0 Å². The molecule has 1 saturated carbocycles. The molecule has 106 valence electrons. The van der Waals surface area contributed by atoms with Crippen molar-refractivity contribution in [3.8, 4) is 0 Å². The summed E-state index contributed by atoms with van der Waals surface area (Å²) in [4.78, 5) is 12.1. The van der Waals surface area contributed by atoms with Crippen molar-refractivity contribution >= 4 is 11.6 Å². The van der Waals surface area contributed by atoms with Gasteiger partial charge in [-0.25, -0.2) is 0 Å². The minimum absolute atomic E-state index is 0.156. The summed E-state index contributed by atoms with van der Waals surface area (Å²) < 4.78 is 1.69. The molecule has 1 aliphatic rings. The van der Waals surface area contributed by atoms with E-state index < -0.39 is 0 Å². The molecule has 1 aromatic rings. The number of carbonyl (C=O) groups excluding carboxylic acids is 1. The monoisotopic (exact) mass is 264 g/mol. The van der Waals surface area contributed by atoms with E-state index in [1.54, 1.807) is 10.9 Å². The van der Waals surface area contributed by atoms with Crippen LogP contribution in [0.5, 0.6) is 0 Å². The molecule has 1 aliphatic carbocycles. The van der Waals surface area contributed by atoms with Gasteiger partial charge in [-0.15, -0.1) is 0 Å². The molecule has 0 atom stereocenters. The highest BCUT2D eigenvalue weighted by atomic mass is 16.2. The van der Waals surface area contributed by atoms with Crippen molar-refractivity contribution < 1.29 is 4.79 Å². The predicted molar refractivity (Wildman–Crippen MR) is 75.8 cm³/mol. The van der Waals surface area contributed by atoms with Crippen LogP contribution in [0, 0.1) is 5.41 Å². The molecule has 0 saturated heterocycles. The molecule has 1 aromatic heterocycles. The molecule has 1 fully saturated rings. The van der Waals surface area contributed by atoms with Gasteiger partial charge in [-0.1, -0.05) is 26.2 Å². The molecule has 2 rings (SSSR count). The lowest BCUT2D eigenvalue weighted by atomic mass is 9.76. The van der Waals surface area contributed by atoms with Crippen LogP contribution in [0.4, 0.5) is 5.69 Å². The third-order valence-corrected chi connectivity index (χ3v) is 4.07. The number of hydrogen-bond donors (Lipinski definition) is 2. The second-order valence-electron chi connectivity index (χ2n) is 5.84. The molecule has 0 aliphatic heterocycles. The van der Waals surface area contributed by atoms with Crippen LogP contribution in [0.1, 0.15) is 56.4 Å². The molecular weight excluding hydrogens is 240 g/mol. The number of nitrogen functional groups attached to an aromatic ring is 1. The summed E-state index contributed by atoms with van der Waals surface area (Å²) in [5.74, 6) is -0.156. The highest BCUT2D eigenvalue weighted by Gasteiger charge is 2.27. The van der Waals surface area contributed by atoms with Crippen LogP contribution in [0.25, 0.3) is 0 Å². The third-order valence-electron chi connectivity index (χ3n) is 4.07. The number of carbonyl (C=O) groups is 1. The number of amides is 1. The first-order chi connectivity index (χ1) is 9.04. The van der Waals surface area contributed by atoms with Crippen molar-refractivity contribution in [1.29, 1.82) is 0 Å². The lowest BCUT2D eigenvalue weighted by Crippen LogP contribution is -2.37. The molecule has 5 nitrogen and oxygen atoms in total. The molecular formula is C14H24N4O. The summed E-state index contributed by atoms with van der Waals surface area (Å²) in [6.07, 6.45) is 7.92. The molecule has 0 radical (unpaired) electrons. The maximum absolute atomic E-state index is 12.1. The van der Waals surface area contributed by atoms with Gasteiger partial charge in [0.25, 0.3) is 5.91 Å². The summed E-state index contributed by atoms with van der Waals surface area (Å²) in [6.45, 7) is 5.65. The first kappa shape index (κ1) is 13.9. The van der Waals surface area contributed by atoms with E-state index >= 15 is 0 Å². The Morgan fingerprint density at radius 3 is 2.74 bits per heavy atom. The Balaban J connectivity index is 1.95. The minimum Gasteiger partial charge on any atom is -0.396 e. The average molecular weight is 264 g/mol. The summed E-state index contributed by atoms with van der Waals surface area (Å²) in [5, 5.41) is 7.19. The minimum atomic E-state index is -0.156. The van der Waals surface area contributed by atoms with Gasteiger partial charge in [0.15, 0.2) is 5.69 Å². The topological polar surface area (TPSA) is 72.9 Å². The molecule has 0 spiro atoms. The van der Waals surface area contributed by atoms with Gasteiger partial charge in [0.1, 0.15) is 0 Å². The normalized spacial score (nSPS) is 18.2. The van der Waals surface area contributed by atoms with Gasteiger partial charge >= 0.3 is 0 Å². The van der Waals surface area contributed by atoms with E-state index in [1.807, 2.05) is 6.92 Å². The van der Waals surface area contributed by atoms with Crippen molar-refractivity contribution in [3.63, 3.8) is 0 Å². The fourth-order valence-corrected chi connectivity index (χ4v) is 2.73. The molecule has 3 N–H and O–H groups in total. The van der Waals surface area contributed by atoms with E-state index in [1.165, 1.54) is 32.1 Å². The van der Waals surface area contributed by atoms with Crippen molar-refractivity contribution in [2.45, 2.75) is 52.5 Å². The maximum atomic E-state index is 12.1. The highest BCUT2D eigenvalue weighted by molar-refractivity contribution is 5.97. The van der Waals surface area contributed by atoms with E-state index in [0.29, 0.717) is 17.9 Å². The molecule has 0 unspecified atom stereocenters. The lowest BCUT2D eigenvalue weighted by molar-refractivity contribution is 0.0914. The number of aromatic nitrogens is 2. The average Bonchev–Trinajstić information content (AvgIpc) is 2.78. The Kier molecular flexibility index (Phi) is 4.12. The zero-order valence-electron chi connectivity index (χ0n) is 11.9. The zero-order valence-corrected chi connectivity index (χ0v) is 11.9. The Bertz CT molecular complexity index is 446. The van der Waals surface area contributed by atoms with Crippen LogP contribution >= 0.6 is 0 Å². The predicted octanol–water partition coefficient (Wildman–Crippen LogP) is 2.19. The number of nitrogens with one attached hydrogen (secondary N) is 1. The van der Waals surface area contributed by atoms with Gasteiger partial charge in [-0.05, 0) is 25.2 Å².